The number of hydrogen-bond donors (Lipinski definition) is 2. The molecule has 0 bridgehead atoms. The number of esters is 1. The molecule has 3 N–H and O–H groups in total. The van der Waals surface area contributed by atoms with E-state index in [0.717, 1.165) is 24.2 Å². The van der Waals surface area contributed by atoms with Gasteiger partial charge in [0.15, 0.2) is 9.84 Å². The summed E-state index contributed by atoms with van der Waals surface area (Å²) in [7, 11) is -2.29. The standard InChI is InChI=1S/C13H22N2O4S2/c1-5-8(6-2)15-12-11(21(17,18)7-3)9(14)10(20-12)13(16)19-4/h8,15H,5-7,14H2,1-4H3. The van der Waals surface area contributed by atoms with Gasteiger partial charge in [-0.05, 0) is 12.8 Å². The van der Waals surface area contributed by atoms with Crippen molar-refractivity contribution in [2.24, 2.45) is 0 Å². The fraction of sp³-hybridized carbons (Fsp3) is 0.615. The number of anilines is 2. The smallest absolute Gasteiger partial charge is 0.350 e. The van der Waals surface area contributed by atoms with E-state index >= 15 is 0 Å². The lowest BCUT2D eigenvalue weighted by atomic mass is 10.2. The van der Waals surface area contributed by atoms with E-state index in [4.69, 9.17) is 5.73 Å². The Labute approximate surface area is 129 Å². The van der Waals surface area contributed by atoms with Crippen LogP contribution in [0.1, 0.15) is 43.3 Å². The third-order valence-electron chi connectivity index (χ3n) is 3.28. The molecule has 0 atom stereocenters. The van der Waals surface area contributed by atoms with Crippen LogP contribution in [0.4, 0.5) is 10.7 Å². The molecule has 0 aromatic carbocycles. The van der Waals surface area contributed by atoms with Crippen LogP contribution in [0, 0.1) is 0 Å². The molecule has 0 spiro atoms. The van der Waals surface area contributed by atoms with E-state index < -0.39 is 15.8 Å². The molecule has 0 fully saturated rings. The first kappa shape index (κ1) is 17.8. The zero-order valence-corrected chi connectivity index (χ0v) is 14.4. The number of nitrogen functional groups attached to an aromatic ring is 1. The largest absolute Gasteiger partial charge is 0.465 e. The van der Waals surface area contributed by atoms with Gasteiger partial charge < -0.3 is 15.8 Å². The van der Waals surface area contributed by atoms with Gasteiger partial charge in [0.1, 0.15) is 14.8 Å². The van der Waals surface area contributed by atoms with Crippen molar-refractivity contribution in [2.45, 2.75) is 44.6 Å². The Morgan fingerprint density at radius 1 is 1.33 bits per heavy atom. The summed E-state index contributed by atoms with van der Waals surface area (Å²) in [6.07, 6.45) is 1.68. The average Bonchev–Trinajstić information content (AvgIpc) is 2.81. The van der Waals surface area contributed by atoms with Crippen LogP contribution in [0.15, 0.2) is 4.90 Å². The Kier molecular flexibility index (Phi) is 6.03. The maximum absolute atomic E-state index is 12.3. The first-order chi connectivity index (χ1) is 9.82. The molecular formula is C13H22N2O4S2. The Morgan fingerprint density at radius 3 is 2.33 bits per heavy atom. The quantitative estimate of drug-likeness (QED) is 0.743. The van der Waals surface area contributed by atoms with Crippen LogP contribution in [-0.2, 0) is 14.6 Å². The zero-order valence-electron chi connectivity index (χ0n) is 12.7. The lowest BCUT2D eigenvalue weighted by Crippen LogP contribution is -2.18. The molecule has 0 amide bonds. The summed E-state index contributed by atoms with van der Waals surface area (Å²) in [6, 6.07) is 0.124. The number of ether oxygens (including phenoxy) is 1. The lowest BCUT2D eigenvalue weighted by molar-refractivity contribution is 0.0607. The predicted molar refractivity (Wildman–Crippen MR) is 85.8 cm³/mol. The number of hydrogen-bond acceptors (Lipinski definition) is 7. The van der Waals surface area contributed by atoms with Crippen molar-refractivity contribution in [3.8, 4) is 0 Å². The second-order valence-electron chi connectivity index (χ2n) is 4.56. The minimum absolute atomic E-state index is 0.0160. The van der Waals surface area contributed by atoms with Gasteiger partial charge in [0, 0.05) is 6.04 Å². The summed E-state index contributed by atoms with van der Waals surface area (Å²) in [5.41, 5.74) is 5.87. The number of carbonyl (C=O) groups is 1. The van der Waals surface area contributed by atoms with Crippen molar-refractivity contribution in [1.29, 1.82) is 0 Å². The number of thiophene rings is 1. The average molecular weight is 334 g/mol. The molecule has 6 nitrogen and oxygen atoms in total. The fourth-order valence-electron chi connectivity index (χ4n) is 1.90. The fourth-order valence-corrected chi connectivity index (χ4v) is 4.55. The molecule has 8 heteroatoms. The van der Waals surface area contributed by atoms with Crippen molar-refractivity contribution in [1.82, 2.24) is 0 Å². The topological polar surface area (TPSA) is 98.5 Å². The minimum Gasteiger partial charge on any atom is -0.465 e. The number of sulfone groups is 1. The number of rotatable bonds is 7. The van der Waals surface area contributed by atoms with Gasteiger partial charge in [-0.15, -0.1) is 11.3 Å². The van der Waals surface area contributed by atoms with Crippen LogP contribution in [0.5, 0.6) is 0 Å². The monoisotopic (exact) mass is 334 g/mol. The van der Waals surface area contributed by atoms with Crippen LogP contribution in [0.25, 0.3) is 0 Å². The van der Waals surface area contributed by atoms with E-state index in [0.29, 0.717) is 5.00 Å². The van der Waals surface area contributed by atoms with E-state index in [1.165, 1.54) is 7.11 Å². The van der Waals surface area contributed by atoms with Gasteiger partial charge in [0.05, 0.1) is 18.6 Å². The van der Waals surface area contributed by atoms with Crippen LogP contribution < -0.4 is 11.1 Å². The van der Waals surface area contributed by atoms with E-state index in [-0.39, 0.29) is 27.3 Å². The highest BCUT2D eigenvalue weighted by Gasteiger charge is 2.29. The SMILES string of the molecule is CCC(CC)Nc1sc(C(=O)OC)c(N)c1S(=O)(=O)CC. The van der Waals surface area contributed by atoms with Crippen molar-refractivity contribution < 1.29 is 17.9 Å². The lowest BCUT2D eigenvalue weighted by Gasteiger charge is -2.16. The summed E-state index contributed by atoms with van der Waals surface area (Å²) in [5.74, 6) is -0.700. The summed E-state index contributed by atoms with van der Waals surface area (Å²) < 4.78 is 29.2. The Balaban J connectivity index is 3.44. The van der Waals surface area contributed by atoms with Crippen LogP contribution in [0.3, 0.4) is 0 Å². The molecule has 0 radical (unpaired) electrons. The minimum atomic E-state index is -3.53. The summed E-state index contributed by atoms with van der Waals surface area (Å²) in [4.78, 5) is 11.9. The van der Waals surface area contributed by atoms with E-state index in [9.17, 15) is 13.2 Å². The van der Waals surface area contributed by atoms with E-state index in [1.807, 2.05) is 13.8 Å². The van der Waals surface area contributed by atoms with E-state index in [2.05, 4.69) is 10.1 Å². The number of nitrogens with two attached hydrogens (primary N) is 1. The molecule has 0 aliphatic rings. The molecule has 0 aliphatic heterocycles. The van der Waals surface area contributed by atoms with Gasteiger partial charge in [-0.1, -0.05) is 20.8 Å². The van der Waals surface area contributed by atoms with Gasteiger partial charge in [-0.3, -0.25) is 0 Å². The highest BCUT2D eigenvalue weighted by molar-refractivity contribution is 7.91. The Morgan fingerprint density at radius 2 is 1.90 bits per heavy atom. The van der Waals surface area contributed by atoms with Crippen molar-refractivity contribution in [3.63, 3.8) is 0 Å². The molecule has 0 saturated carbocycles. The molecule has 0 unspecified atom stereocenters. The van der Waals surface area contributed by atoms with Crippen molar-refractivity contribution in [3.05, 3.63) is 4.88 Å². The van der Waals surface area contributed by atoms with Gasteiger partial charge in [-0.25, -0.2) is 13.2 Å². The summed E-state index contributed by atoms with van der Waals surface area (Å²) in [5, 5.41) is 3.60. The Bertz CT molecular complexity index is 604. The van der Waals surface area contributed by atoms with Crippen LogP contribution >= 0.6 is 11.3 Å². The van der Waals surface area contributed by atoms with Crippen LogP contribution in [-0.4, -0.2) is 33.3 Å². The number of carbonyl (C=O) groups excluding carboxylic acids is 1. The van der Waals surface area contributed by atoms with Gasteiger partial charge in [0.25, 0.3) is 0 Å². The van der Waals surface area contributed by atoms with Crippen LogP contribution in [0.2, 0.25) is 0 Å². The second-order valence-corrected chi connectivity index (χ2v) is 7.79. The maximum Gasteiger partial charge on any atom is 0.350 e. The molecule has 1 heterocycles. The van der Waals surface area contributed by atoms with Gasteiger partial charge in [-0.2, -0.15) is 0 Å². The van der Waals surface area contributed by atoms with E-state index in [1.54, 1.807) is 6.92 Å². The van der Waals surface area contributed by atoms with Gasteiger partial charge in [0.2, 0.25) is 0 Å². The molecule has 1 aromatic rings. The number of methoxy groups -OCH3 is 1. The summed E-state index contributed by atoms with van der Waals surface area (Å²) >= 11 is 1.03. The highest BCUT2D eigenvalue weighted by atomic mass is 32.2. The third kappa shape index (κ3) is 3.68. The molecule has 0 aliphatic carbocycles. The molecule has 1 aromatic heterocycles. The predicted octanol–water partition coefficient (Wildman–Crippen LogP) is 2.51. The molecular weight excluding hydrogens is 312 g/mol. The van der Waals surface area contributed by atoms with Crippen molar-refractivity contribution >= 4 is 37.8 Å². The number of nitrogens with one attached hydrogen (secondary N) is 1. The maximum atomic E-state index is 12.3. The second kappa shape index (κ2) is 7.13. The summed E-state index contributed by atoms with van der Waals surface area (Å²) in [6.45, 7) is 5.56. The molecule has 1 rings (SSSR count). The highest BCUT2D eigenvalue weighted by Crippen LogP contribution is 2.40. The first-order valence-electron chi connectivity index (χ1n) is 6.82. The Hall–Kier alpha value is -1.28. The zero-order chi connectivity index (χ0) is 16.2. The molecule has 21 heavy (non-hydrogen) atoms. The van der Waals surface area contributed by atoms with Crippen molar-refractivity contribution in [2.75, 3.05) is 23.9 Å². The normalized spacial score (nSPS) is 11.7. The van der Waals surface area contributed by atoms with Gasteiger partial charge >= 0.3 is 5.97 Å². The third-order valence-corrected chi connectivity index (χ3v) is 6.33. The first-order valence-corrected chi connectivity index (χ1v) is 9.28. The molecule has 0 saturated heterocycles. The molecule has 120 valence electrons.